The summed E-state index contributed by atoms with van der Waals surface area (Å²) in [6, 6.07) is 9.20. The van der Waals surface area contributed by atoms with E-state index in [1.807, 2.05) is 24.3 Å². The van der Waals surface area contributed by atoms with Gasteiger partial charge < -0.3 is 9.30 Å². The minimum atomic E-state index is -0.643. The van der Waals surface area contributed by atoms with E-state index < -0.39 is 5.97 Å². The summed E-state index contributed by atoms with van der Waals surface area (Å²) in [5, 5.41) is 0. The summed E-state index contributed by atoms with van der Waals surface area (Å²) in [5.41, 5.74) is 1.35. The lowest BCUT2D eigenvalue weighted by Crippen LogP contribution is -2.46. The van der Waals surface area contributed by atoms with E-state index in [0.717, 1.165) is 24.3 Å². The molecule has 1 saturated heterocycles. The second-order valence-electron chi connectivity index (χ2n) is 11.8. The predicted molar refractivity (Wildman–Crippen MR) is 141 cm³/mol. The third kappa shape index (κ3) is 5.32. The van der Waals surface area contributed by atoms with E-state index in [1.54, 1.807) is 11.5 Å². The predicted octanol–water partition coefficient (Wildman–Crippen LogP) is 5.98. The highest BCUT2D eigenvalue weighted by molar-refractivity contribution is 5.89. The van der Waals surface area contributed by atoms with Gasteiger partial charge in [0, 0.05) is 24.2 Å². The zero-order chi connectivity index (χ0) is 25.3. The Morgan fingerprint density at radius 2 is 1.80 bits per heavy atom. The Bertz CT molecular complexity index is 1090. The fourth-order valence-corrected chi connectivity index (χ4v) is 6.65. The zero-order valence-electron chi connectivity index (χ0n) is 22.4. The summed E-state index contributed by atoms with van der Waals surface area (Å²) in [5.74, 6) is 0.160. The summed E-state index contributed by atoms with van der Waals surface area (Å²) in [6.07, 6.45) is 8.39. The first-order valence-corrected chi connectivity index (χ1v) is 13.6. The van der Waals surface area contributed by atoms with Crippen LogP contribution in [0.1, 0.15) is 103 Å². The molecule has 192 valence electrons. The van der Waals surface area contributed by atoms with Gasteiger partial charge in [-0.2, -0.15) is 0 Å². The number of benzene rings is 1. The lowest BCUT2D eigenvalue weighted by molar-refractivity contribution is 0.0516. The van der Waals surface area contributed by atoms with E-state index >= 15 is 0 Å². The van der Waals surface area contributed by atoms with Gasteiger partial charge in [-0.3, -0.25) is 9.69 Å². The Kier molecular flexibility index (Phi) is 7.70. The molecule has 2 heterocycles. The molecule has 0 spiro atoms. The van der Waals surface area contributed by atoms with E-state index in [-0.39, 0.29) is 23.9 Å². The normalized spacial score (nSPS) is 26.7. The molecule has 0 unspecified atom stereocenters. The highest BCUT2D eigenvalue weighted by Crippen LogP contribution is 2.42. The van der Waals surface area contributed by atoms with Crippen LogP contribution in [0.25, 0.3) is 11.0 Å². The molecule has 3 atom stereocenters. The molecule has 6 nitrogen and oxygen atoms in total. The number of hydrogen-bond acceptors (Lipinski definition) is 5. The maximum absolute atomic E-state index is 13.5. The van der Waals surface area contributed by atoms with E-state index in [4.69, 9.17) is 4.74 Å². The first kappa shape index (κ1) is 25.9. The number of nitrogens with zero attached hydrogens (tertiary/aromatic N) is 3. The molecule has 4 rings (SSSR count). The number of fused-ring (bicyclic) bond motifs is 1. The molecular weight excluding hydrogens is 438 g/mol. The van der Waals surface area contributed by atoms with Crippen LogP contribution in [0.2, 0.25) is 0 Å². The van der Waals surface area contributed by atoms with Crippen molar-refractivity contribution in [2.45, 2.75) is 111 Å². The summed E-state index contributed by atoms with van der Waals surface area (Å²) in [4.78, 5) is 33.1. The smallest absolute Gasteiger partial charge is 0.362 e. The lowest BCUT2D eigenvalue weighted by Gasteiger charge is -2.44. The quantitative estimate of drug-likeness (QED) is 0.475. The average Bonchev–Trinajstić information content (AvgIpc) is 3.17. The molecule has 2 aromatic rings. The summed E-state index contributed by atoms with van der Waals surface area (Å²) < 4.78 is 6.93. The van der Waals surface area contributed by atoms with Gasteiger partial charge in [-0.1, -0.05) is 32.9 Å². The maximum Gasteiger partial charge on any atom is 0.362 e. The number of likely N-dealkylation sites (tertiary alicyclic amines) is 1. The molecular formula is C29H43N3O3. The van der Waals surface area contributed by atoms with Crippen LogP contribution < -0.4 is 5.56 Å². The highest BCUT2D eigenvalue weighted by Gasteiger charge is 2.40. The zero-order valence-corrected chi connectivity index (χ0v) is 22.4. The number of para-hydroxylation sites is 2. The van der Waals surface area contributed by atoms with Crippen LogP contribution in [0.3, 0.4) is 0 Å². The third-order valence-corrected chi connectivity index (χ3v) is 8.51. The molecule has 1 saturated carbocycles. The number of esters is 1. The summed E-state index contributed by atoms with van der Waals surface area (Å²) in [7, 11) is 0. The minimum absolute atomic E-state index is 0.0488. The Balaban J connectivity index is 1.59. The van der Waals surface area contributed by atoms with Crippen LogP contribution >= 0.6 is 0 Å². The van der Waals surface area contributed by atoms with Crippen molar-refractivity contribution in [3.8, 4) is 0 Å². The SMILES string of the molecule is CCOC(=O)c1nc2ccccc2n([C@@H](C)C[C@@H]2CC[C@H](C)N2C2CCC(C(C)(C)C)CC2)c1=O. The van der Waals surface area contributed by atoms with Crippen LogP contribution in [0, 0.1) is 11.3 Å². The van der Waals surface area contributed by atoms with Crippen molar-refractivity contribution >= 4 is 17.0 Å². The van der Waals surface area contributed by atoms with Gasteiger partial charge >= 0.3 is 5.97 Å². The molecule has 2 aliphatic rings. The van der Waals surface area contributed by atoms with Crippen molar-refractivity contribution < 1.29 is 9.53 Å². The molecule has 0 bridgehead atoms. The maximum atomic E-state index is 13.5. The number of ether oxygens (including phenoxy) is 1. The van der Waals surface area contributed by atoms with Gasteiger partial charge in [-0.15, -0.1) is 0 Å². The van der Waals surface area contributed by atoms with Crippen molar-refractivity contribution in [3.63, 3.8) is 0 Å². The van der Waals surface area contributed by atoms with Crippen molar-refractivity contribution in [3.05, 3.63) is 40.3 Å². The van der Waals surface area contributed by atoms with Crippen molar-refractivity contribution in [2.75, 3.05) is 6.61 Å². The van der Waals surface area contributed by atoms with E-state index in [2.05, 4.69) is 44.5 Å². The molecule has 35 heavy (non-hydrogen) atoms. The monoisotopic (exact) mass is 481 g/mol. The van der Waals surface area contributed by atoms with Gasteiger partial charge in [0.1, 0.15) is 0 Å². The summed E-state index contributed by atoms with van der Waals surface area (Å²) >= 11 is 0. The molecule has 6 heteroatoms. The molecule has 0 N–H and O–H groups in total. The molecule has 2 fully saturated rings. The van der Waals surface area contributed by atoms with Gasteiger partial charge in [-0.05, 0) is 89.2 Å². The van der Waals surface area contributed by atoms with Gasteiger partial charge in [0.25, 0.3) is 5.56 Å². The van der Waals surface area contributed by atoms with Gasteiger partial charge in [-0.25, -0.2) is 9.78 Å². The van der Waals surface area contributed by atoms with Gasteiger partial charge in [0.15, 0.2) is 0 Å². The Morgan fingerprint density at radius 3 is 2.46 bits per heavy atom. The Labute approximate surface area is 210 Å². The standard InChI is InChI=1S/C29H43N3O3/c1-7-35-28(34)26-27(33)32(25-11-9-8-10-24(25)30-26)20(3)18-23-15-12-19(2)31(23)22-16-13-21(14-17-22)29(4,5)6/h8-11,19-23H,7,12-18H2,1-6H3/t19-,20-,21?,22?,23-/m0/s1. The van der Waals surface area contributed by atoms with E-state index in [0.29, 0.717) is 29.1 Å². The van der Waals surface area contributed by atoms with Crippen LogP contribution in [0.5, 0.6) is 0 Å². The van der Waals surface area contributed by atoms with Crippen molar-refractivity contribution in [2.24, 2.45) is 11.3 Å². The molecule has 1 aromatic heterocycles. The average molecular weight is 482 g/mol. The van der Waals surface area contributed by atoms with E-state index in [9.17, 15) is 9.59 Å². The Hall–Kier alpha value is -2.21. The van der Waals surface area contributed by atoms with Crippen LogP contribution in [-0.2, 0) is 4.74 Å². The minimum Gasteiger partial charge on any atom is -0.461 e. The molecule has 1 aromatic carbocycles. The fourth-order valence-electron chi connectivity index (χ4n) is 6.65. The molecule has 1 aliphatic heterocycles. The van der Waals surface area contributed by atoms with Gasteiger partial charge in [0.2, 0.25) is 5.69 Å². The summed E-state index contributed by atoms with van der Waals surface area (Å²) in [6.45, 7) is 13.6. The Morgan fingerprint density at radius 1 is 1.11 bits per heavy atom. The number of carbonyl (C=O) groups excluding carboxylic acids is 1. The second kappa shape index (κ2) is 10.4. The molecule has 0 radical (unpaired) electrons. The second-order valence-corrected chi connectivity index (χ2v) is 11.8. The van der Waals surface area contributed by atoms with Crippen LogP contribution in [0.4, 0.5) is 0 Å². The highest BCUT2D eigenvalue weighted by atomic mass is 16.5. The first-order valence-electron chi connectivity index (χ1n) is 13.6. The largest absolute Gasteiger partial charge is 0.461 e. The number of rotatable bonds is 6. The van der Waals surface area contributed by atoms with Crippen molar-refractivity contribution in [1.82, 2.24) is 14.5 Å². The van der Waals surface area contributed by atoms with E-state index in [1.165, 1.54) is 32.1 Å². The first-order chi connectivity index (χ1) is 16.6. The topological polar surface area (TPSA) is 64.4 Å². The third-order valence-electron chi connectivity index (χ3n) is 8.51. The lowest BCUT2D eigenvalue weighted by atomic mass is 9.71. The number of aromatic nitrogens is 2. The fraction of sp³-hybridized carbons (Fsp3) is 0.690. The van der Waals surface area contributed by atoms with Gasteiger partial charge in [0.05, 0.1) is 17.6 Å². The van der Waals surface area contributed by atoms with Crippen LogP contribution in [0.15, 0.2) is 29.1 Å². The van der Waals surface area contributed by atoms with Crippen LogP contribution in [-0.4, -0.2) is 45.2 Å². The number of hydrogen-bond donors (Lipinski definition) is 0. The molecule has 1 aliphatic carbocycles. The number of carbonyl (C=O) groups is 1. The molecule has 0 amide bonds. The van der Waals surface area contributed by atoms with Crippen molar-refractivity contribution in [1.29, 1.82) is 0 Å².